The predicted octanol–water partition coefficient (Wildman–Crippen LogP) is 2.71. The second-order valence-electron chi connectivity index (χ2n) is 0. The van der Waals surface area contributed by atoms with Crippen LogP contribution in [0.4, 0.5) is 0 Å². The Kier molecular flexibility index (Phi) is 220. The van der Waals surface area contributed by atoms with Gasteiger partial charge in [-0.1, -0.05) is 0 Å². The molecule has 0 aliphatic heterocycles. The van der Waals surface area contributed by atoms with E-state index in [1.807, 2.05) is 0 Å². The third kappa shape index (κ3) is 22.7. The maximum atomic E-state index is 0. The van der Waals surface area contributed by atoms with Gasteiger partial charge >= 0.3 is 0 Å². The number of hydrogen-bond donors (Lipinski definition) is 0. The molecule has 0 rings (SSSR count). The van der Waals surface area contributed by atoms with Gasteiger partial charge in [-0.25, -0.2) is 0 Å². The van der Waals surface area contributed by atoms with E-state index in [1.54, 1.807) is 0 Å². The van der Waals surface area contributed by atoms with Crippen molar-refractivity contribution in [2.45, 2.75) is 0 Å². The smallest absolute Gasteiger partial charge is 0 e. The molecule has 6 heteroatoms. The van der Waals surface area contributed by atoms with Gasteiger partial charge in [-0.2, -0.15) is 0 Å². The Bertz CT molecular complexity index is 3.90. The van der Waals surface area contributed by atoms with Crippen LogP contribution in [0.15, 0.2) is 0 Å². The van der Waals surface area contributed by atoms with Crippen molar-refractivity contribution >= 4 is 178 Å². The molecule has 0 aromatic carbocycles. The molecule has 0 amide bonds. The topological polar surface area (TPSA) is 0 Å². The minimum Gasteiger partial charge on any atom is -0.107 e. The first-order valence-electron chi connectivity index (χ1n) is 0. The van der Waals surface area contributed by atoms with E-state index in [-0.39, 0.29) is 178 Å². The summed E-state index contributed by atoms with van der Waals surface area (Å²) in [5, 5.41) is 0. The van der Waals surface area contributed by atoms with Gasteiger partial charge in [0.05, 0.1) is 0 Å². The van der Waals surface area contributed by atoms with Crippen LogP contribution in [0.1, 0.15) is 0 Å². The summed E-state index contributed by atoms with van der Waals surface area (Å²) in [5.74, 6) is 0. The van der Waals surface area contributed by atoms with Gasteiger partial charge in [0.15, 0.2) is 0 Å². The molecule has 6 heavy (non-hydrogen) atoms. The Hall–Kier alpha value is 5.46. The van der Waals surface area contributed by atoms with Crippen molar-refractivity contribution in [2.75, 3.05) is 0 Å². The monoisotopic (exact) mass is 724 g/mol. The Balaban J connectivity index is 0. The molecule has 0 aromatic heterocycles. The minimum atomic E-state index is 0. The summed E-state index contributed by atoms with van der Waals surface area (Å²) in [6, 6.07) is 0. The average molecular weight is 725 g/mol. The van der Waals surface area contributed by atoms with Crippen molar-refractivity contribution in [3.63, 3.8) is 0 Å². The number of rotatable bonds is 0. The van der Waals surface area contributed by atoms with Crippen LogP contribution in [0.5, 0.6) is 0 Å². The van der Waals surface area contributed by atoms with Crippen LogP contribution < -0.4 is 0 Å². The standard InChI is InChI=1S/5HI.Rb/h5*1H;. The average Bonchev–Trinajstić information content (AvgIpc) is 0. The number of hydrogen-bond acceptors (Lipinski definition) is 0. The Morgan fingerprint density at radius 2 is 0.333 bits per heavy atom. The Morgan fingerprint density at radius 1 is 0.333 bits per heavy atom. The molecular weight excluding hydrogens is 720 g/mol. The van der Waals surface area contributed by atoms with Crippen molar-refractivity contribution in [3.05, 3.63) is 0 Å². The van der Waals surface area contributed by atoms with E-state index in [1.165, 1.54) is 0 Å². The molecule has 0 N–H and O–H groups in total. The third-order valence-electron chi connectivity index (χ3n) is 0. The molecule has 0 unspecified atom stereocenters. The molecule has 0 nitrogen and oxygen atoms in total. The van der Waals surface area contributed by atoms with Gasteiger partial charge in [-0.15, -0.1) is 120 Å². The van der Waals surface area contributed by atoms with E-state index in [4.69, 9.17) is 0 Å². The zero-order valence-corrected chi connectivity index (χ0v) is 19.6. The summed E-state index contributed by atoms with van der Waals surface area (Å²) in [6.45, 7) is 0. The maximum Gasteiger partial charge on any atom is 0 e. The first-order valence-corrected chi connectivity index (χ1v) is 0. The largest absolute Gasteiger partial charge is 0.107 e. The Labute approximate surface area is 172 Å². The van der Waals surface area contributed by atoms with E-state index in [0.717, 1.165) is 0 Å². The molecule has 0 atom stereocenters. The van der Waals surface area contributed by atoms with Crippen LogP contribution in [0.3, 0.4) is 0 Å². The second kappa shape index (κ2) is 31.4. The van der Waals surface area contributed by atoms with Crippen molar-refractivity contribution in [2.24, 2.45) is 0 Å². The van der Waals surface area contributed by atoms with Crippen LogP contribution >= 0.6 is 120 Å². The molecule has 0 bridgehead atoms. The predicted molar refractivity (Wildman–Crippen MR) is 82.8 cm³/mol. The minimum absolute atomic E-state index is 0. The van der Waals surface area contributed by atoms with E-state index in [0.29, 0.717) is 0 Å². The van der Waals surface area contributed by atoms with Crippen molar-refractivity contribution < 1.29 is 0 Å². The molecular formula is H5I5Rb. The summed E-state index contributed by atoms with van der Waals surface area (Å²) < 4.78 is 0. The van der Waals surface area contributed by atoms with Crippen LogP contribution in [-0.2, 0) is 0 Å². The fourth-order valence-corrected chi connectivity index (χ4v) is 0. The van der Waals surface area contributed by atoms with Gasteiger partial charge in [0.1, 0.15) is 0 Å². The normalized spacial score (nSPS) is 0. The van der Waals surface area contributed by atoms with Gasteiger partial charge < -0.3 is 0 Å². The molecule has 0 heterocycles. The van der Waals surface area contributed by atoms with E-state index in [2.05, 4.69) is 0 Å². The quantitative estimate of drug-likeness (QED) is 0.338. The van der Waals surface area contributed by atoms with Crippen LogP contribution in [0.2, 0.25) is 0 Å². The van der Waals surface area contributed by atoms with Gasteiger partial charge in [0.25, 0.3) is 0 Å². The molecule has 0 aliphatic rings. The van der Waals surface area contributed by atoms with Gasteiger partial charge in [-0.3, -0.25) is 0 Å². The molecule has 0 spiro atoms. The van der Waals surface area contributed by atoms with Crippen molar-refractivity contribution in [1.29, 1.82) is 0 Å². The maximum absolute atomic E-state index is 0. The van der Waals surface area contributed by atoms with Gasteiger partial charge in [0, 0.05) is 58.2 Å². The molecule has 0 fully saturated rings. The zero-order valence-electron chi connectivity index (χ0n) is 3.04. The fourth-order valence-electron chi connectivity index (χ4n) is 0. The first-order chi connectivity index (χ1) is 0. The molecule has 1 radical (unpaired) electrons. The zero-order chi connectivity index (χ0) is 0. The van der Waals surface area contributed by atoms with E-state index < -0.39 is 0 Å². The summed E-state index contributed by atoms with van der Waals surface area (Å²) in [7, 11) is 0. The third-order valence-corrected chi connectivity index (χ3v) is 0. The SMILES string of the molecule is I.I.I.I.I.[Rb]. The number of halogens is 5. The molecule has 0 aromatic rings. The summed E-state index contributed by atoms with van der Waals surface area (Å²) >= 11 is 0. The molecule has 41 valence electrons. The molecule has 0 aliphatic carbocycles. The van der Waals surface area contributed by atoms with Crippen molar-refractivity contribution in [3.8, 4) is 0 Å². The van der Waals surface area contributed by atoms with Crippen molar-refractivity contribution in [1.82, 2.24) is 0 Å². The summed E-state index contributed by atoms with van der Waals surface area (Å²) in [5.41, 5.74) is 0. The van der Waals surface area contributed by atoms with Crippen LogP contribution in [0.25, 0.3) is 0 Å². The van der Waals surface area contributed by atoms with E-state index in [9.17, 15) is 0 Å². The summed E-state index contributed by atoms with van der Waals surface area (Å²) in [4.78, 5) is 0. The second-order valence-corrected chi connectivity index (χ2v) is 0. The molecule has 0 saturated carbocycles. The van der Waals surface area contributed by atoms with Crippen LogP contribution in [0, 0.1) is 0 Å². The summed E-state index contributed by atoms with van der Waals surface area (Å²) in [6.07, 6.45) is 0. The molecule has 0 saturated heterocycles. The Morgan fingerprint density at radius 3 is 0.333 bits per heavy atom. The van der Waals surface area contributed by atoms with Gasteiger partial charge in [-0.05, 0) is 0 Å². The van der Waals surface area contributed by atoms with E-state index >= 15 is 0 Å². The van der Waals surface area contributed by atoms with Crippen LogP contribution in [-0.4, -0.2) is 58.2 Å². The van der Waals surface area contributed by atoms with Gasteiger partial charge in [0.2, 0.25) is 0 Å². The first kappa shape index (κ1) is 42.1. The fraction of sp³-hybridized carbons (Fsp3) is 0.